The monoisotopic (exact) mass is 342 g/mol. The average Bonchev–Trinajstić information content (AvgIpc) is 2.99. The van der Waals surface area contributed by atoms with Crippen molar-refractivity contribution in [3.05, 3.63) is 17.8 Å². The van der Waals surface area contributed by atoms with E-state index < -0.39 is 11.7 Å². The Balaban J connectivity index is 2.20. The second-order valence-corrected chi connectivity index (χ2v) is 6.06. The van der Waals surface area contributed by atoms with Crippen molar-refractivity contribution in [2.75, 3.05) is 11.5 Å². The summed E-state index contributed by atoms with van der Waals surface area (Å²) in [6, 6.07) is 0.981. The summed E-state index contributed by atoms with van der Waals surface area (Å²) in [5.41, 5.74) is 6.15. The number of fused-ring (bicyclic) bond motifs is 1. The van der Waals surface area contributed by atoms with Crippen molar-refractivity contribution >= 4 is 28.7 Å². The number of pyridine rings is 1. The van der Waals surface area contributed by atoms with Gasteiger partial charge in [0.15, 0.2) is 5.65 Å². The van der Waals surface area contributed by atoms with E-state index in [1.54, 1.807) is 11.6 Å². The fourth-order valence-corrected chi connectivity index (χ4v) is 2.98. The maximum absolute atomic E-state index is 12.8. The van der Waals surface area contributed by atoms with Crippen LogP contribution < -0.4 is 5.73 Å². The molecule has 0 spiro atoms. The Hall–Kier alpha value is -2.23. The van der Waals surface area contributed by atoms with Crippen LogP contribution in [0, 0.1) is 0 Å². The van der Waals surface area contributed by atoms with Crippen molar-refractivity contribution < 1.29 is 13.2 Å². The van der Waals surface area contributed by atoms with Gasteiger partial charge in [-0.15, -0.1) is 11.8 Å². The minimum absolute atomic E-state index is 0.158. The van der Waals surface area contributed by atoms with E-state index >= 15 is 0 Å². The summed E-state index contributed by atoms with van der Waals surface area (Å²) < 4.78 is 40.0. The van der Waals surface area contributed by atoms with Crippen molar-refractivity contribution in [1.29, 1.82) is 0 Å². The van der Waals surface area contributed by atoms with Crippen LogP contribution in [0.1, 0.15) is 12.5 Å². The zero-order chi connectivity index (χ0) is 16.8. The minimum atomic E-state index is -4.46. The van der Waals surface area contributed by atoms with Gasteiger partial charge in [0.05, 0.1) is 11.1 Å². The van der Waals surface area contributed by atoms with Crippen LogP contribution in [-0.4, -0.2) is 30.5 Å². The zero-order valence-electron chi connectivity index (χ0n) is 12.3. The Morgan fingerprint density at radius 2 is 2.13 bits per heavy atom. The Morgan fingerprint density at radius 3 is 2.78 bits per heavy atom. The highest BCUT2D eigenvalue weighted by Gasteiger charge is 2.32. The molecule has 0 atom stereocenters. The van der Waals surface area contributed by atoms with E-state index in [2.05, 4.69) is 20.2 Å². The highest BCUT2D eigenvalue weighted by Crippen LogP contribution is 2.36. The molecule has 6 nitrogen and oxygen atoms in total. The summed E-state index contributed by atoms with van der Waals surface area (Å²) in [4.78, 5) is 8.17. The SMILES string of the molecule is CCSc1n[nH]c(N)c1-c1nc2cc(C(F)(F)F)cnc2n1C. The summed E-state index contributed by atoms with van der Waals surface area (Å²) in [6.07, 6.45) is -3.66. The molecule has 0 saturated heterocycles. The Bertz CT molecular complexity index is 867. The average molecular weight is 342 g/mol. The lowest BCUT2D eigenvalue weighted by Gasteiger charge is -2.05. The molecule has 122 valence electrons. The summed E-state index contributed by atoms with van der Waals surface area (Å²) in [7, 11) is 1.68. The fourth-order valence-electron chi connectivity index (χ4n) is 2.25. The van der Waals surface area contributed by atoms with E-state index in [0.717, 1.165) is 18.0 Å². The van der Waals surface area contributed by atoms with Crippen LogP contribution in [0.4, 0.5) is 19.0 Å². The molecule has 0 aliphatic heterocycles. The van der Waals surface area contributed by atoms with Crippen molar-refractivity contribution in [3.8, 4) is 11.4 Å². The number of hydrogen-bond donors (Lipinski definition) is 2. The molecule has 0 aliphatic carbocycles. The first kappa shape index (κ1) is 15.7. The van der Waals surface area contributed by atoms with E-state index in [-0.39, 0.29) is 5.52 Å². The standard InChI is InChI=1S/C13H13F3N6S/c1-3-23-12-8(9(17)20-21-12)11-19-7-4-6(13(14,15)16)5-18-10(7)22(11)2/h4-5H,3H2,1-2H3,(H3,17,20,21). The van der Waals surface area contributed by atoms with E-state index in [1.807, 2.05) is 6.92 Å². The van der Waals surface area contributed by atoms with Gasteiger partial charge in [-0.05, 0) is 11.8 Å². The van der Waals surface area contributed by atoms with E-state index in [9.17, 15) is 13.2 Å². The van der Waals surface area contributed by atoms with Gasteiger partial charge in [-0.3, -0.25) is 5.10 Å². The maximum atomic E-state index is 12.8. The Labute approximate surface area is 133 Å². The lowest BCUT2D eigenvalue weighted by atomic mass is 10.2. The van der Waals surface area contributed by atoms with E-state index in [4.69, 9.17) is 5.73 Å². The van der Waals surface area contributed by atoms with Gasteiger partial charge in [0.25, 0.3) is 0 Å². The molecule has 23 heavy (non-hydrogen) atoms. The molecule has 3 aromatic heterocycles. The number of anilines is 1. The first-order valence-corrected chi connectivity index (χ1v) is 7.68. The van der Waals surface area contributed by atoms with Gasteiger partial charge in [0.2, 0.25) is 0 Å². The van der Waals surface area contributed by atoms with Crippen LogP contribution in [0.3, 0.4) is 0 Å². The molecule has 0 bridgehead atoms. The summed E-state index contributed by atoms with van der Waals surface area (Å²) in [6.45, 7) is 1.96. The number of halogens is 3. The molecule has 3 rings (SSSR count). The molecule has 0 aliphatic rings. The topological polar surface area (TPSA) is 85.4 Å². The molecular weight excluding hydrogens is 329 g/mol. The van der Waals surface area contributed by atoms with Gasteiger partial charge in [0, 0.05) is 13.2 Å². The van der Waals surface area contributed by atoms with Crippen molar-refractivity contribution in [2.45, 2.75) is 18.1 Å². The van der Waals surface area contributed by atoms with Gasteiger partial charge in [-0.1, -0.05) is 6.92 Å². The third-order valence-electron chi connectivity index (χ3n) is 3.30. The fraction of sp³-hybridized carbons (Fsp3) is 0.308. The molecule has 0 unspecified atom stereocenters. The minimum Gasteiger partial charge on any atom is -0.383 e. The van der Waals surface area contributed by atoms with Crippen LogP contribution in [0.2, 0.25) is 0 Å². The number of hydrogen-bond acceptors (Lipinski definition) is 5. The molecule has 0 amide bonds. The highest BCUT2D eigenvalue weighted by atomic mass is 32.2. The van der Waals surface area contributed by atoms with Crippen LogP contribution in [0.25, 0.3) is 22.6 Å². The molecule has 0 aromatic carbocycles. The van der Waals surface area contributed by atoms with Gasteiger partial charge in [-0.25, -0.2) is 9.97 Å². The number of rotatable bonds is 3. The largest absolute Gasteiger partial charge is 0.417 e. The molecule has 0 radical (unpaired) electrons. The Morgan fingerprint density at radius 1 is 1.39 bits per heavy atom. The highest BCUT2D eigenvalue weighted by molar-refractivity contribution is 7.99. The molecular formula is C13H13F3N6S. The number of nitrogen functional groups attached to an aromatic ring is 1. The van der Waals surface area contributed by atoms with E-state index in [1.165, 1.54) is 11.8 Å². The number of nitrogens with one attached hydrogen (secondary N) is 1. The van der Waals surface area contributed by atoms with Gasteiger partial charge in [-0.2, -0.15) is 18.3 Å². The summed E-state index contributed by atoms with van der Waals surface area (Å²) in [5.74, 6) is 1.52. The van der Waals surface area contributed by atoms with Crippen molar-refractivity contribution in [2.24, 2.45) is 7.05 Å². The number of nitrogens with zero attached hydrogens (tertiary/aromatic N) is 4. The Kier molecular flexibility index (Phi) is 3.71. The number of aromatic amines is 1. The number of imidazole rings is 1. The number of alkyl halides is 3. The predicted molar refractivity (Wildman–Crippen MR) is 81.9 cm³/mol. The maximum Gasteiger partial charge on any atom is 0.417 e. The van der Waals surface area contributed by atoms with Crippen molar-refractivity contribution in [1.82, 2.24) is 24.7 Å². The molecule has 0 saturated carbocycles. The molecule has 10 heteroatoms. The van der Waals surface area contributed by atoms with Crippen LogP contribution >= 0.6 is 11.8 Å². The van der Waals surface area contributed by atoms with E-state index in [0.29, 0.717) is 27.9 Å². The third-order valence-corrected chi connectivity index (χ3v) is 4.16. The van der Waals surface area contributed by atoms with Crippen LogP contribution in [-0.2, 0) is 13.2 Å². The third kappa shape index (κ3) is 2.62. The number of nitrogens with two attached hydrogens (primary N) is 1. The van der Waals surface area contributed by atoms with Crippen molar-refractivity contribution in [3.63, 3.8) is 0 Å². The quantitative estimate of drug-likeness (QED) is 0.715. The lowest BCUT2D eigenvalue weighted by molar-refractivity contribution is -0.137. The second kappa shape index (κ2) is 5.44. The molecule has 0 fully saturated rings. The summed E-state index contributed by atoms with van der Waals surface area (Å²) in [5, 5.41) is 7.44. The normalized spacial score (nSPS) is 12.2. The molecule has 3 aromatic rings. The number of thioether (sulfide) groups is 1. The van der Waals surface area contributed by atoms with Crippen LogP contribution in [0.15, 0.2) is 17.3 Å². The molecule has 3 heterocycles. The first-order chi connectivity index (χ1) is 10.8. The number of H-pyrrole nitrogens is 1. The lowest BCUT2D eigenvalue weighted by Crippen LogP contribution is -2.05. The van der Waals surface area contributed by atoms with Gasteiger partial charge < -0.3 is 10.3 Å². The smallest absolute Gasteiger partial charge is 0.383 e. The summed E-state index contributed by atoms with van der Waals surface area (Å²) >= 11 is 1.47. The number of aromatic nitrogens is 5. The number of aryl methyl sites for hydroxylation is 1. The van der Waals surface area contributed by atoms with Crippen LogP contribution in [0.5, 0.6) is 0 Å². The van der Waals surface area contributed by atoms with Gasteiger partial charge in [0.1, 0.15) is 22.2 Å². The molecule has 3 N–H and O–H groups in total. The predicted octanol–water partition coefficient (Wildman–Crippen LogP) is 3.07. The zero-order valence-corrected chi connectivity index (χ0v) is 13.1. The first-order valence-electron chi connectivity index (χ1n) is 6.69. The van der Waals surface area contributed by atoms with Gasteiger partial charge >= 0.3 is 6.18 Å². The second-order valence-electron chi connectivity index (χ2n) is 4.81.